The van der Waals surface area contributed by atoms with Crippen LogP contribution in [0.2, 0.25) is 5.02 Å². The van der Waals surface area contributed by atoms with Crippen molar-refractivity contribution in [2.24, 2.45) is 0 Å². The number of halogens is 1. The van der Waals surface area contributed by atoms with Crippen molar-refractivity contribution in [2.75, 3.05) is 18.1 Å². The first-order chi connectivity index (χ1) is 14.1. The maximum atomic E-state index is 12.9. The Balaban J connectivity index is 1.40. The van der Waals surface area contributed by atoms with Crippen molar-refractivity contribution < 1.29 is 9.53 Å². The lowest BCUT2D eigenvalue weighted by Crippen LogP contribution is -2.35. The van der Waals surface area contributed by atoms with Crippen molar-refractivity contribution in [3.63, 3.8) is 0 Å². The normalized spacial score (nSPS) is 13.2. The molecule has 6 heteroatoms. The molecule has 0 saturated heterocycles. The van der Waals surface area contributed by atoms with E-state index < -0.39 is 0 Å². The van der Waals surface area contributed by atoms with Gasteiger partial charge in [0.05, 0.1) is 12.8 Å². The Morgan fingerprint density at radius 2 is 2.14 bits per heavy atom. The van der Waals surface area contributed by atoms with Gasteiger partial charge in [-0.3, -0.25) is 9.89 Å². The average Bonchev–Trinajstić information content (AvgIpc) is 3.27. The number of aromatic nitrogens is 2. The van der Waals surface area contributed by atoms with E-state index in [2.05, 4.69) is 16.3 Å². The largest absolute Gasteiger partial charge is 0.493 e. The number of hydrogen-bond acceptors (Lipinski definition) is 3. The fourth-order valence-electron chi connectivity index (χ4n) is 3.84. The fourth-order valence-corrected chi connectivity index (χ4v) is 4.00. The van der Waals surface area contributed by atoms with Crippen LogP contribution < -0.4 is 9.64 Å². The zero-order chi connectivity index (χ0) is 20.2. The van der Waals surface area contributed by atoms with Crippen LogP contribution in [0.1, 0.15) is 30.4 Å². The number of hydrogen-bond donors (Lipinski definition) is 1. The van der Waals surface area contributed by atoms with Crippen LogP contribution in [0.4, 0.5) is 5.69 Å². The van der Waals surface area contributed by atoms with E-state index in [4.69, 9.17) is 16.3 Å². The second kappa shape index (κ2) is 8.70. The topological polar surface area (TPSA) is 58.2 Å². The summed E-state index contributed by atoms with van der Waals surface area (Å²) >= 11 is 6.13. The number of rotatable bonds is 6. The van der Waals surface area contributed by atoms with Gasteiger partial charge in [0.2, 0.25) is 5.91 Å². The van der Waals surface area contributed by atoms with Crippen molar-refractivity contribution in [3.05, 3.63) is 64.9 Å². The molecule has 0 aliphatic carbocycles. The van der Waals surface area contributed by atoms with Crippen LogP contribution >= 0.6 is 11.6 Å². The number of carbonyl (C=O) groups excluding carboxylic acids is 1. The number of benzene rings is 2. The van der Waals surface area contributed by atoms with Crippen molar-refractivity contribution in [1.82, 2.24) is 10.2 Å². The Hall–Kier alpha value is -2.79. The number of carbonyl (C=O) groups is 1. The van der Waals surface area contributed by atoms with Gasteiger partial charge in [-0.05, 0) is 55.5 Å². The minimum absolute atomic E-state index is 0.140. The summed E-state index contributed by atoms with van der Waals surface area (Å²) in [5.41, 5.74) is 5.37. The molecule has 150 valence electrons. The summed E-state index contributed by atoms with van der Waals surface area (Å²) in [6.07, 6.45) is 6.77. The van der Waals surface area contributed by atoms with Crippen LogP contribution in [0.15, 0.2) is 48.8 Å². The van der Waals surface area contributed by atoms with Crippen molar-refractivity contribution in [1.29, 1.82) is 0 Å². The average molecular weight is 410 g/mol. The number of fused-ring (bicyclic) bond motifs is 1. The summed E-state index contributed by atoms with van der Waals surface area (Å²) in [6.45, 7) is 3.18. The van der Waals surface area contributed by atoms with E-state index in [0.29, 0.717) is 24.5 Å². The molecule has 1 aliphatic rings. The van der Waals surface area contributed by atoms with Gasteiger partial charge in [-0.25, -0.2) is 0 Å². The summed E-state index contributed by atoms with van der Waals surface area (Å²) in [4.78, 5) is 14.8. The third-order valence-corrected chi connectivity index (χ3v) is 5.78. The van der Waals surface area contributed by atoms with Gasteiger partial charge in [-0.1, -0.05) is 29.8 Å². The SMILES string of the molecule is Cc1c(Cl)cccc1OCCCC(=O)N1CCCc2c(-c3cn[nH]c3)cccc21. The monoisotopic (exact) mass is 409 g/mol. The molecule has 0 unspecified atom stereocenters. The Kier molecular flexibility index (Phi) is 5.86. The number of aromatic amines is 1. The molecular weight excluding hydrogens is 386 g/mol. The summed E-state index contributed by atoms with van der Waals surface area (Å²) in [6, 6.07) is 11.8. The van der Waals surface area contributed by atoms with E-state index in [0.717, 1.165) is 47.5 Å². The Morgan fingerprint density at radius 1 is 1.28 bits per heavy atom. The van der Waals surface area contributed by atoms with Crippen LogP contribution in [0.3, 0.4) is 0 Å². The van der Waals surface area contributed by atoms with Gasteiger partial charge in [0.25, 0.3) is 0 Å². The molecule has 2 aromatic carbocycles. The predicted molar refractivity (Wildman–Crippen MR) is 116 cm³/mol. The molecule has 1 aliphatic heterocycles. The standard InChI is InChI=1S/C23H24ClN3O2/c1-16-20(24)8-3-10-22(16)29-13-5-11-23(28)27-12-4-7-19-18(6-2-9-21(19)27)17-14-25-26-15-17/h2-3,6,8-10,14-15H,4-5,7,11-13H2,1H3,(H,25,26). The highest BCUT2D eigenvalue weighted by Crippen LogP contribution is 2.35. The molecule has 4 rings (SSSR count). The van der Waals surface area contributed by atoms with E-state index in [1.54, 1.807) is 0 Å². The smallest absolute Gasteiger partial charge is 0.227 e. The Bertz CT molecular complexity index is 1000. The van der Waals surface area contributed by atoms with Crippen molar-refractivity contribution >= 4 is 23.2 Å². The predicted octanol–water partition coefficient (Wildman–Crippen LogP) is 5.18. The van der Waals surface area contributed by atoms with Gasteiger partial charge in [0, 0.05) is 41.0 Å². The molecule has 1 aromatic heterocycles. The summed E-state index contributed by atoms with van der Waals surface area (Å²) < 4.78 is 5.83. The quantitative estimate of drug-likeness (QED) is 0.571. The van der Waals surface area contributed by atoms with E-state index in [-0.39, 0.29) is 5.91 Å². The maximum Gasteiger partial charge on any atom is 0.227 e. The molecular formula is C23H24ClN3O2. The minimum atomic E-state index is 0.140. The lowest BCUT2D eigenvalue weighted by atomic mass is 9.93. The number of amides is 1. The number of ether oxygens (including phenoxy) is 1. The molecule has 5 nitrogen and oxygen atoms in total. The first kappa shape index (κ1) is 19.5. The zero-order valence-corrected chi connectivity index (χ0v) is 17.2. The van der Waals surface area contributed by atoms with Crippen LogP contribution in [0, 0.1) is 6.92 Å². The molecule has 29 heavy (non-hydrogen) atoms. The van der Waals surface area contributed by atoms with Gasteiger partial charge in [-0.2, -0.15) is 5.10 Å². The number of anilines is 1. The molecule has 1 amide bonds. The van der Waals surface area contributed by atoms with Crippen LogP contribution in [-0.2, 0) is 11.2 Å². The van der Waals surface area contributed by atoms with E-state index in [1.165, 1.54) is 5.56 Å². The highest BCUT2D eigenvalue weighted by molar-refractivity contribution is 6.31. The third kappa shape index (κ3) is 4.15. The first-order valence-corrected chi connectivity index (χ1v) is 10.3. The number of H-pyrrole nitrogens is 1. The highest BCUT2D eigenvalue weighted by Gasteiger charge is 2.24. The fraction of sp³-hybridized carbons (Fsp3) is 0.304. The molecule has 0 spiro atoms. The second-order valence-corrected chi connectivity index (χ2v) is 7.66. The summed E-state index contributed by atoms with van der Waals surface area (Å²) in [5, 5.41) is 7.62. The van der Waals surface area contributed by atoms with Gasteiger partial charge >= 0.3 is 0 Å². The maximum absolute atomic E-state index is 12.9. The molecule has 0 fully saturated rings. The van der Waals surface area contributed by atoms with Crippen LogP contribution in [0.5, 0.6) is 5.75 Å². The Labute approximate surface area is 175 Å². The van der Waals surface area contributed by atoms with Crippen LogP contribution in [-0.4, -0.2) is 29.3 Å². The van der Waals surface area contributed by atoms with Crippen molar-refractivity contribution in [3.8, 4) is 16.9 Å². The van der Waals surface area contributed by atoms with E-state index in [9.17, 15) is 4.79 Å². The molecule has 0 saturated carbocycles. The molecule has 1 N–H and O–H groups in total. The lowest BCUT2D eigenvalue weighted by molar-refractivity contribution is -0.118. The van der Waals surface area contributed by atoms with Gasteiger partial charge in [-0.15, -0.1) is 0 Å². The molecule has 0 bridgehead atoms. The third-order valence-electron chi connectivity index (χ3n) is 5.37. The Morgan fingerprint density at radius 3 is 2.97 bits per heavy atom. The zero-order valence-electron chi connectivity index (χ0n) is 16.5. The number of nitrogens with zero attached hydrogens (tertiary/aromatic N) is 2. The highest BCUT2D eigenvalue weighted by atomic mass is 35.5. The number of nitrogens with one attached hydrogen (secondary N) is 1. The van der Waals surface area contributed by atoms with Gasteiger partial charge in [0.15, 0.2) is 0 Å². The molecule has 0 atom stereocenters. The molecule has 2 heterocycles. The summed E-state index contributed by atoms with van der Waals surface area (Å²) in [7, 11) is 0. The minimum Gasteiger partial charge on any atom is -0.493 e. The molecule has 3 aromatic rings. The molecule has 0 radical (unpaired) electrons. The van der Waals surface area contributed by atoms with E-state index >= 15 is 0 Å². The van der Waals surface area contributed by atoms with Crippen LogP contribution in [0.25, 0.3) is 11.1 Å². The lowest BCUT2D eigenvalue weighted by Gasteiger charge is -2.31. The van der Waals surface area contributed by atoms with Gasteiger partial charge < -0.3 is 9.64 Å². The second-order valence-electron chi connectivity index (χ2n) is 7.25. The van der Waals surface area contributed by atoms with Crippen molar-refractivity contribution in [2.45, 2.75) is 32.6 Å². The van der Waals surface area contributed by atoms with E-state index in [1.807, 2.05) is 54.5 Å². The first-order valence-electron chi connectivity index (χ1n) is 9.94. The van der Waals surface area contributed by atoms with Gasteiger partial charge in [0.1, 0.15) is 5.75 Å². The summed E-state index contributed by atoms with van der Waals surface area (Å²) in [5.74, 6) is 0.916.